The van der Waals surface area contributed by atoms with E-state index in [0.29, 0.717) is 12.5 Å². The topological polar surface area (TPSA) is 37.4 Å². The Morgan fingerprint density at radius 3 is 2.81 bits per heavy atom. The Labute approximate surface area is 105 Å². The molecular formula is C11H14BrNO2S. The molecule has 1 aliphatic heterocycles. The van der Waals surface area contributed by atoms with Crippen molar-refractivity contribution in [3.63, 3.8) is 0 Å². The molecule has 1 aliphatic rings. The number of sulfonamides is 1. The molecule has 1 unspecified atom stereocenters. The SMILES string of the molecule is CC1Cc2ccccc2N(S(=O)(=O)CBr)C1. The van der Waals surface area contributed by atoms with Crippen LogP contribution in [0.2, 0.25) is 0 Å². The van der Waals surface area contributed by atoms with E-state index in [0.717, 1.165) is 17.7 Å². The van der Waals surface area contributed by atoms with Gasteiger partial charge in [0.25, 0.3) is 0 Å². The lowest BCUT2D eigenvalue weighted by atomic mass is 9.96. The zero-order valence-corrected chi connectivity index (χ0v) is 11.5. The number of halogens is 1. The molecule has 2 rings (SSSR count). The number of rotatable bonds is 2. The Morgan fingerprint density at radius 2 is 2.12 bits per heavy atom. The molecule has 0 saturated carbocycles. The highest BCUT2D eigenvalue weighted by molar-refractivity contribution is 9.10. The zero-order valence-electron chi connectivity index (χ0n) is 9.06. The van der Waals surface area contributed by atoms with E-state index in [2.05, 4.69) is 22.9 Å². The van der Waals surface area contributed by atoms with Gasteiger partial charge in [0, 0.05) is 6.54 Å². The summed E-state index contributed by atoms with van der Waals surface area (Å²) in [7, 11) is -3.22. The van der Waals surface area contributed by atoms with E-state index in [-0.39, 0.29) is 4.66 Å². The summed E-state index contributed by atoms with van der Waals surface area (Å²) in [5.41, 5.74) is 1.95. The lowest BCUT2D eigenvalue weighted by molar-refractivity contribution is 0.547. The van der Waals surface area contributed by atoms with Crippen molar-refractivity contribution in [2.75, 3.05) is 15.5 Å². The van der Waals surface area contributed by atoms with Crippen LogP contribution < -0.4 is 4.31 Å². The highest BCUT2D eigenvalue weighted by Gasteiger charge is 2.29. The molecule has 0 amide bonds. The molecule has 5 heteroatoms. The molecule has 88 valence electrons. The van der Waals surface area contributed by atoms with Gasteiger partial charge in [-0.1, -0.05) is 41.1 Å². The summed E-state index contributed by atoms with van der Waals surface area (Å²) >= 11 is 3.05. The van der Waals surface area contributed by atoms with Gasteiger partial charge in [0.1, 0.15) is 4.66 Å². The molecule has 0 aromatic heterocycles. The second-order valence-electron chi connectivity index (χ2n) is 4.19. The molecule has 1 aromatic carbocycles. The minimum absolute atomic E-state index is 0.0267. The van der Waals surface area contributed by atoms with E-state index in [4.69, 9.17) is 0 Å². The van der Waals surface area contributed by atoms with Gasteiger partial charge >= 0.3 is 0 Å². The number of para-hydroxylation sites is 1. The molecule has 1 heterocycles. The summed E-state index contributed by atoms with van der Waals surface area (Å²) < 4.78 is 25.4. The van der Waals surface area contributed by atoms with E-state index >= 15 is 0 Å². The van der Waals surface area contributed by atoms with Gasteiger partial charge in [0.05, 0.1) is 5.69 Å². The minimum atomic E-state index is -3.22. The van der Waals surface area contributed by atoms with Gasteiger partial charge in [-0.25, -0.2) is 8.42 Å². The first kappa shape index (κ1) is 11.9. The van der Waals surface area contributed by atoms with Crippen molar-refractivity contribution in [3.8, 4) is 0 Å². The summed E-state index contributed by atoms with van der Waals surface area (Å²) in [4.78, 5) is 0. The van der Waals surface area contributed by atoms with Gasteiger partial charge < -0.3 is 0 Å². The van der Waals surface area contributed by atoms with Crippen molar-refractivity contribution in [2.45, 2.75) is 13.3 Å². The first-order valence-electron chi connectivity index (χ1n) is 5.19. The molecule has 0 spiro atoms. The molecule has 0 aliphatic carbocycles. The van der Waals surface area contributed by atoms with Crippen LogP contribution in [0.25, 0.3) is 0 Å². The largest absolute Gasteiger partial charge is 0.269 e. The average Bonchev–Trinajstić information content (AvgIpc) is 2.28. The van der Waals surface area contributed by atoms with Crippen molar-refractivity contribution in [2.24, 2.45) is 5.92 Å². The fraction of sp³-hybridized carbons (Fsp3) is 0.455. The predicted octanol–water partition coefficient (Wildman–Crippen LogP) is 2.37. The number of hydrogen-bond acceptors (Lipinski definition) is 2. The lowest BCUT2D eigenvalue weighted by Gasteiger charge is -2.33. The van der Waals surface area contributed by atoms with Gasteiger partial charge in [-0.2, -0.15) is 0 Å². The van der Waals surface area contributed by atoms with E-state index in [1.165, 1.54) is 4.31 Å². The van der Waals surface area contributed by atoms with Crippen LogP contribution in [0.5, 0.6) is 0 Å². The van der Waals surface area contributed by atoms with Crippen LogP contribution in [0.1, 0.15) is 12.5 Å². The number of anilines is 1. The summed E-state index contributed by atoms with van der Waals surface area (Å²) in [5.74, 6) is 0.365. The van der Waals surface area contributed by atoms with Crippen molar-refractivity contribution in [1.82, 2.24) is 0 Å². The van der Waals surface area contributed by atoms with Gasteiger partial charge in [-0.15, -0.1) is 0 Å². The maximum atomic E-state index is 11.9. The predicted molar refractivity (Wildman–Crippen MR) is 69.4 cm³/mol. The monoisotopic (exact) mass is 303 g/mol. The first-order valence-corrected chi connectivity index (χ1v) is 7.92. The van der Waals surface area contributed by atoms with Crippen molar-refractivity contribution in [1.29, 1.82) is 0 Å². The number of nitrogens with zero attached hydrogens (tertiary/aromatic N) is 1. The third kappa shape index (κ3) is 2.11. The summed E-state index contributed by atoms with van der Waals surface area (Å²) in [6.07, 6.45) is 0.949. The van der Waals surface area contributed by atoms with Crippen LogP contribution in [0.3, 0.4) is 0 Å². The minimum Gasteiger partial charge on any atom is -0.269 e. The molecule has 16 heavy (non-hydrogen) atoms. The molecule has 0 N–H and O–H groups in total. The second kappa shape index (κ2) is 4.37. The van der Waals surface area contributed by atoms with Crippen LogP contribution in [-0.4, -0.2) is 19.6 Å². The smallest absolute Gasteiger partial charge is 0.245 e. The number of fused-ring (bicyclic) bond motifs is 1. The molecule has 0 saturated heterocycles. The third-order valence-electron chi connectivity index (χ3n) is 2.78. The summed E-state index contributed by atoms with van der Waals surface area (Å²) in [5, 5.41) is 0. The molecular weight excluding hydrogens is 290 g/mol. The van der Waals surface area contributed by atoms with E-state index in [9.17, 15) is 8.42 Å². The Morgan fingerprint density at radius 1 is 1.44 bits per heavy atom. The normalized spacial score (nSPS) is 20.6. The highest BCUT2D eigenvalue weighted by atomic mass is 79.9. The van der Waals surface area contributed by atoms with Crippen LogP contribution in [0.4, 0.5) is 5.69 Å². The van der Waals surface area contributed by atoms with E-state index in [1.807, 2.05) is 24.3 Å². The van der Waals surface area contributed by atoms with Crippen LogP contribution in [0, 0.1) is 5.92 Å². The summed E-state index contributed by atoms with van der Waals surface area (Å²) in [6.45, 7) is 2.65. The quantitative estimate of drug-likeness (QED) is 0.787. The lowest BCUT2D eigenvalue weighted by Crippen LogP contribution is -2.39. The van der Waals surface area contributed by atoms with Crippen molar-refractivity contribution < 1.29 is 8.42 Å². The molecule has 0 radical (unpaired) electrons. The molecule has 3 nitrogen and oxygen atoms in total. The summed E-state index contributed by atoms with van der Waals surface area (Å²) in [6, 6.07) is 7.71. The maximum absolute atomic E-state index is 11.9. The standard InChI is InChI=1S/C11H14BrNO2S/c1-9-6-10-4-2-3-5-11(10)13(7-9)16(14,15)8-12/h2-5,9H,6-8H2,1H3. The maximum Gasteiger partial charge on any atom is 0.245 e. The molecule has 0 bridgehead atoms. The first-order chi connectivity index (χ1) is 7.54. The molecule has 1 aromatic rings. The van der Waals surface area contributed by atoms with Gasteiger partial charge in [-0.3, -0.25) is 4.31 Å². The Hall–Kier alpha value is -0.550. The zero-order chi connectivity index (χ0) is 11.8. The Kier molecular flexibility index (Phi) is 3.26. The van der Waals surface area contributed by atoms with E-state index in [1.54, 1.807) is 0 Å². The fourth-order valence-electron chi connectivity index (χ4n) is 2.07. The van der Waals surface area contributed by atoms with Crippen LogP contribution >= 0.6 is 15.9 Å². The third-order valence-corrected chi connectivity index (χ3v) is 5.81. The van der Waals surface area contributed by atoms with Crippen molar-refractivity contribution in [3.05, 3.63) is 29.8 Å². The van der Waals surface area contributed by atoms with Crippen LogP contribution in [0.15, 0.2) is 24.3 Å². The number of alkyl halides is 1. The Bertz CT molecular complexity index is 487. The van der Waals surface area contributed by atoms with Gasteiger partial charge in [0.15, 0.2) is 0 Å². The Balaban J connectivity index is 2.49. The number of benzene rings is 1. The van der Waals surface area contributed by atoms with Crippen LogP contribution in [-0.2, 0) is 16.4 Å². The molecule has 0 fully saturated rings. The highest BCUT2D eigenvalue weighted by Crippen LogP contribution is 2.31. The fourth-order valence-corrected chi connectivity index (χ4v) is 3.89. The second-order valence-corrected chi connectivity index (χ2v) is 7.39. The van der Waals surface area contributed by atoms with Gasteiger partial charge in [0.2, 0.25) is 10.0 Å². The molecule has 1 atom stereocenters. The average molecular weight is 304 g/mol. The number of hydrogen-bond donors (Lipinski definition) is 0. The van der Waals surface area contributed by atoms with Gasteiger partial charge in [-0.05, 0) is 24.0 Å². The van der Waals surface area contributed by atoms with E-state index < -0.39 is 10.0 Å². The van der Waals surface area contributed by atoms with Crippen molar-refractivity contribution >= 4 is 31.6 Å².